The number of nitrogens with zero attached hydrogens (tertiary/aromatic N) is 4. The monoisotopic (exact) mass is 421 g/mol. The largest absolute Gasteiger partial charge is 0.324 e. The molecule has 0 bridgehead atoms. The van der Waals surface area contributed by atoms with Crippen LogP contribution in [0.5, 0.6) is 0 Å². The predicted molar refractivity (Wildman–Crippen MR) is 117 cm³/mol. The molecule has 1 N–H and O–H groups in total. The van der Waals surface area contributed by atoms with E-state index in [0.717, 1.165) is 11.1 Å². The molecule has 0 fully saturated rings. The second-order valence-corrected chi connectivity index (χ2v) is 7.71. The summed E-state index contributed by atoms with van der Waals surface area (Å²) in [6.07, 6.45) is 1.60. The number of anilines is 1. The Morgan fingerprint density at radius 1 is 1.10 bits per heavy atom. The van der Waals surface area contributed by atoms with Crippen LogP contribution in [0.3, 0.4) is 0 Å². The van der Waals surface area contributed by atoms with Crippen LogP contribution in [0.25, 0.3) is 16.6 Å². The predicted octanol–water partition coefficient (Wildman–Crippen LogP) is 3.80. The van der Waals surface area contributed by atoms with Crippen molar-refractivity contribution in [2.75, 3.05) is 5.32 Å². The van der Waals surface area contributed by atoms with Gasteiger partial charge in [0.25, 0.3) is 5.56 Å². The summed E-state index contributed by atoms with van der Waals surface area (Å²) < 4.78 is 2.69. The highest BCUT2D eigenvalue weighted by molar-refractivity contribution is 6.30. The summed E-state index contributed by atoms with van der Waals surface area (Å²) in [6, 6.07) is 12.8. The highest BCUT2D eigenvalue weighted by Gasteiger charge is 2.17. The van der Waals surface area contributed by atoms with Crippen LogP contribution in [-0.4, -0.2) is 25.5 Å². The molecule has 7 nitrogen and oxygen atoms in total. The van der Waals surface area contributed by atoms with Gasteiger partial charge in [0.1, 0.15) is 12.1 Å². The Kier molecular flexibility index (Phi) is 5.13. The molecule has 0 aliphatic carbocycles. The van der Waals surface area contributed by atoms with Gasteiger partial charge in [-0.15, -0.1) is 0 Å². The van der Waals surface area contributed by atoms with Gasteiger partial charge in [0.05, 0.1) is 17.6 Å². The SMILES string of the molecule is Cc1cc(C)cc(NC(=O)Cn2nc(C)c3cnn(-c4cccc(Cl)c4)c3c2=O)c1. The molecule has 0 saturated carbocycles. The van der Waals surface area contributed by atoms with E-state index in [1.165, 1.54) is 9.36 Å². The molecule has 4 rings (SSSR count). The molecular weight excluding hydrogens is 402 g/mol. The van der Waals surface area contributed by atoms with E-state index in [1.807, 2.05) is 38.1 Å². The van der Waals surface area contributed by atoms with Gasteiger partial charge in [0.15, 0.2) is 0 Å². The van der Waals surface area contributed by atoms with E-state index in [-0.39, 0.29) is 12.5 Å². The number of carbonyl (C=O) groups excluding carboxylic acids is 1. The topological polar surface area (TPSA) is 81.8 Å². The molecule has 2 aromatic heterocycles. The van der Waals surface area contributed by atoms with Gasteiger partial charge in [-0.3, -0.25) is 9.59 Å². The lowest BCUT2D eigenvalue weighted by molar-refractivity contribution is -0.117. The molecule has 0 aliphatic rings. The summed E-state index contributed by atoms with van der Waals surface area (Å²) in [5.74, 6) is -0.331. The highest BCUT2D eigenvalue weighted by atomic mass is 35.5. The van der Waals surface area contributed by atoms with Crippen molar-refractivity contribution in [2.45, 2.75) is 27.3 Å². The third-order valence-electron chi connectivity index (χ3n) is 4.72. The Labute approximate surface area is 177 Å². The van der Waals surface area contributed by atoms with Crippen LogP contribution in [0, 0.1) is 20.8 Å². The number of hydrogen-bond donors (Lipinski definition) is 1. The van der Waals surface area contributed by atoms with Crippen LogP contribution in [0.15, 0.2) is 53.5 Å². The summed E-state index contributed by atoms with van der Waals surface area (Å²) in [6.45, 7) is 5.50. The minimum Gasteiger partial charge on any atom is -0.324 e. The zero-order valence-electron chi connectivity index (χ0n) is 16.8. The van der Waals surface area contributed by atoms with Gasteiger partial charge < -0.3 is 5.32 Å². The van der Waals surface area contributed by atoms with E-state index in [9.17, 15) is 9.59 Å². The molecular formula is C22H20ClN5O2. The Bertz CT molecular complexity index is 1320. The second-order valence-electron chi connectivity index (χ2n) is 7.27. The zero-order valence-corrected chi connectivity index (χ0v) is 17.6. The molecule has 0 saturated heterocycles. The summed E-state index contributed by atoms with van der Waals surface area (Å²) in [7, 11) is 0. The number of fused-ring (bicyclic) bond motifs is 1. The minimum absolute atomic E-state index is 0.205. The van der Waals surface area contributed by atoms with E-state index >= 15 is 0 Å². The molecule has 0 atom stereocenters. The van der Waals surface area contributed by atoms with Crippen LogP contribution in [0.1, 0.15) is 16.8 Å². The van der Waals surface area contributed by atoms with Gasteiger partial charge in [-0.25, -0.2) is 9.36 Å². The highest BCUT2D eigenvalue weighted by Crippen LogP contribution is 2.20. The van der Waals surface area contributed by atoms with Crippen LogP contribution in [0.2, 0.25) is 5.02 Å². The third-order valence-corrected chi connectivity index (χ3v) is 4.95. The smallest absolute Gasteiger partial charge is 0.293 e. The van der Waals surface area contributed by atoms with Gasteiger partial charge in [0, 0.05) is 16.1 Å². The minimum atomic E-state index is -0.399. The number of rotatable bonds is 4. The number of aryl methyl sites for hydroxylation is 3. The maximum atomic E-state index is 13.1. The van der Waals surface area contributed by atoms with Gasteiger partial charge in [-0.2, -0.15) is 10.2 Å². The lowest BCUT2D eigenvalue weighted by Crippen LogP contribution is -2.31. The van der Waals surface area contributed by atoms with Crippen molar-refractivity contribution in [2.24, 2.45) is 0 Å². The second kappa shape index (κ2) is 7.76. The number of halogens is 1. The molecule has 8 heteroatoms. The van der Waals surface area contributed by atoms with E-state index in [4.69, 9.17) is 11.6 Å². The molecule has 0 radical (unpaired) electrons. The number of aromatic nitrogens is 4. The van der Waals surface area contributed by atoms with E-state index in [0.29, 0.717) is 33.0 Å². The van der Waals surface area contributed by atoms with Crippen molar-refractivity contribution in [3.63, 3.8) is 0 Å². The third kappa shape index (κ3) is 3.84. The number of amides is 1. The molecule has 2 heterocycles. The Hall–Kier alpha value is -3.45. The molecule has 0 spiro atoms. The first-order valence-electron chi connectivity index (χ1n) is 9.41. The molecule has 0 aliphatic heterocycles. The van der Waals surface area contributed by atoms with Crippen molar-refractivity contribution in [1.29, 1.82) is 0 Å². The number of hydrogen-bond acceptors (Lipinski definition) is 4. The molecule has 2 aromatic carbocycles. The van der Waals surface area contributed by atoms with Crippen molar-refractivity contribution in [3.05, 3.63) is 80.9 Å². The van der Waals surface area contributed by atoms with Gasteiger partial charge in [0.2, 0.25) is 5.91 Å². The Morgan fingerprint density at radius 2 is 1.83 bits per heavy atom. The maximum absolute atomic E-state index is 13.1. The maximum Gasteiger partial charge on any atom is 0.293 e. The van der Waals surface area contributed by atoms with Gasteiger partial charge >= 0.3 is 0 Å². The average molecular weight is 422 g/mol. The number of nitrogens with one attached hydrogen (secondary N) is 1. The normalized spacial score (nSPS) is 11.1. The van der Waals surface area contributed by atoms with E-state index in [2.05, 4.69) is 15.5 Å². The van der Waals surface area contributed by atoms with Gasteiger partial charge in [-0.05, 0) is 62.2 Å². The average Bonchev–Trinajstić information content (AvgIpc) is 3.11. The van der Waals surface area contributed by atoms with Crippen molar-refractivity contribution < 1.29 is 4.79 Å². The summed E-state index contributed by atoms with van der Waals surface area (Å²) in [4.78, 5) is 25.7. The standard InChI is InChI=1S/C22H20ClN5O2/c1-13-7-14(2)9-17(8-13)25-20(29)12-27-22(30)21-19(15(3)26-27)11-24-28(21)18-6-4-5-16(23)10-18/h4-11H,12H2,1-3H3,(H,25,29). The van der Waals surface area contributed by atoms with Crippen LogP contribution in [-0.2, 0) is 11.3 Å². The van der Waals surface area contributed by atoms with Crippen LogP contribution < -0.4 is 10.9 Å². The first kappa shape index (κ1) is 19.8. The fourth-order valence-corrected chi connectivity index (χ4v) is 3.70. The summed E-state index contributed by atoms with van der Waals surface area (Å²) in [5.41, 5.74) is 4.00. The van der Waals surface area contributed by atoms with Crippen molar-refractivity contribution in [1.82, 2.24) is 19.6 Å². The lowest BCUT2D eigenvalue weighted by atomic mass is 10.1. The first-order chi connectivity index (χ1) is 14.3. The molecule has 30 heavy (non-hydrogen) atoms. The Balaban J connectivity index is 1.71. The molecule has 1 amide bonds. The van der Waals surface area contributed by atoms with Crippen LogP contribution >= 0.6 is 11.6 Å². The molecule has 0 unspecified atom stereocenters. The number of benzene rings is 2. The van der Waals surface area contributed by atoms with E-state index < -0.39 is 5.56 Å². The first-order valence-corrected chi connectivity index (χ1v) is 9.79. The summed E-state index contributed by atoms with van der Waals surface area (Å²) in [5, 5.41) is 12.6. The fourth-order valence-electron chi connectivity index (χ4n) is 3.52. The summed E-state index contributed by atoms with van der Waals surface area (Å²) >= 11 is 6.09. The lowest BCUT2D eigenvalue weighted by Gasteiger charge is -2.10. The van der Waals surface area contributed by atoms with E-state index in [1.54, 1.807) is 31.3 Å². The molecule has 152 valence electrons. The van der Waals surface area contributed by atoms with Crippen molar-refractivity contribution >= 4 is 34.1 Å². The van der Waals surface area contributed by atoms with Crippen molar-refractivity contribution in [3.8, 4) is 5.69 Å². The molecule has 4 aromatic rings. The number of carbonyl (C=O) groups is 1. The fraction of sp³-hybridized carbons (Fsp3) is 0.182. The van der Waals surface area contributed by atoms with Gasteiger partial charge in [-0.1, -0.05) is 23.7 Å². The van der Waals surface area contributed by atoms with Crippen LogP contribution in [0.4, 0.5) is 5.69 Å². The quantitative estimate of drug-likeness (QED) is 0.543. The Morgan fingerprint density at radius 3 is 2.53 bits per heavy atom. The zero-order chi connectivity index (χ0) is 21.4.